The molecule has 1 aliphatic heterocycles. The molecule has 0 spiro atoms. The van der Waals surface area contributed by atoms with Gasteiger partial charge in [0.25, 0.3) is 0 Å². The molecule has 2 fully saturated rings. The molecule has 1 heterocycles. The van der Waals surface area contributed by atoms with E-state index in [9.17, 15) is 0 Å². The molecule has 1 saturated heterocycles. The van der Waals surface area contributed by atoms with Crippen molar-refractivity contribution in [3.63, 3.8) is 0 Å². The summed E-state index contributed by atoms with van der Waals surface area (Å²) < 4.78 is 5.25. The lowest BCUT2D eigenvalue weighted by atomic mass is 10.0. The standard InChI is InChI=1S/C10H18O/c1-9(2)8(10(9,3)4)5-7-6-11-7/h7-8H,5-6H2,1-4H3. The van der Waals surface area contributed by atoms with Gasteiger partial charge in [0.15, 0.2) is 0 Å². The Morgan fingerprint density at radius 1 is 1.18 bits per heavy atom. The van der Waals surface area contributed by atoms with Gasteiger partial charge in [-0.1, -0.05) is 27.7 Å². The lowest BCUT2D eigenvalue weighted by molar-refractivity contribution is 0.370. The minimum atomic E-state index is 0.555. The summed E-state index contributed by atoms with van der Waals surface area (Å²) in [6.45, 7) is 10.5. The van der Waals surface area contributed by atoms with Crippen molar-refractivity contribution in [1.82, 2.24) is 0 Å². The summed E-state index contributed by atoms with van der Waals surface area (Å²) in [5, 5.41) is 0. The molecule has 0 aromatic carbocycles. The van der Waals surface area contributed by atoms with E-state index < -0.39 is 0 Å². The van der Waals surface area contributed by atoms with E-state index in [1.807, 2.05) is 0 Å². The molecule has 0 aromatic heterocycles. The Kier molecular flexibility index (Phi) is 1.26. The van der Waals surface area contributed by atoms with Gasteiger partial charge in [0.2, 0.25) is 0 Å². The van der Waals surface area contributed by atoms with Gasteiger partial charge in [-0.2, -0.15) is 0 Å². The van der Waals surface area contributed by atoms with E-state index >= 15 is 0 Å². The third-order valence-electron chi connectivity index (χ3n) is 4.22. The summed E-state index contributed by atoms with van der Waals surface area (Å²) in [4.78, 5) is 0. The highest BCUT2D eigenvalue weighted by atomic mass is 16.6. The average molecular weight is 154 g/mol. The molecule has 0 N–H and O–H groups in total. The second kappa shape index (κ2) is 1.82. The van der Waals surface area contributed by atoms with E-state index in [4.69, 9.17) is 4.74 Å². The first-order valence-corrected chi connectivity index (χ1v) is 4.58. The van der Waals surface area contributed by atoms with E-state index in [0.717, 1.165) is 12.5 Å². The number of hydrogen-bond donors (Lipinski definition) is 0. The number of ether oxygens (including phenoxy) is 1. The second-order valence-electron chi connectivity index (χ2n) is 5.19. The van der Waals surface area contributed by atoms with Crippen LogP contribution in [-0.4, -0.2) is 12.7 Å². The summed E-state index contributed by atoms with van der Waals surface area (Å²) in [6, 6.07) is 0. The Hall–Kier alpha value is -0.0400. The van der Waals surface area contributed by atoms with Crippen LogP contribution in [-0.2, 0) is 4.74 Å². The fourth-order valence-electron chi connectivity index (χ4n) is 2.39. The maximum absolute atomic E-state index is 5.25. The fourth-order valence-corrected chi connectivity index (χ4v) is 2.39. The molecule has 0 bridgehead atoms. The van der Waals surface area contributed by atoms with Crippen LogP contribution in [0.1, 0.15) is 34.1 Å². The van der Waals surface area contributed by atoms with Crippen LogP contribution in [0.25, 0.3) is 0 Å². The Morgan fingerprint density at radius 3 is 1.91 bits per heavy atom. The molecule has 64 valence electrons. The zero-order chi connectivity index (χ0) is 8.28. The largest absolute Gasteiger partial charge is 0.373 e. The van der Waals surface area contributed by atoms with Gasteiger partial charge in [-0.25, -0.2) is 0 Å². The molecule has 1 saturated carbocycles. The Balaban J connectivity index is 1.96. The minimum absolute atomic E-state index is 0.555. The van der Waals surface area contributed by atoms with Gasteiger partial charge in [0.1, 0.15) is 0 Å². The Bertz CT molecular complexity index is 163. The highest BCUT2D eigenvalue weighted by Gasteiger charge is 2.65. The second-order valence-corrected chi connectivity index (χ2v) is 5.19. The van der Waals surface area contributed by atoms with Crippen molar-refractivity contribution in [2.75, 3.05) is 6.61 Å². The molecule has 1 aliphatic carbocycles. The van der Waals surface area contributed by atoms with Crippen molar-refractivity contribution >= 4 is 0 Å². The third kappa shape index (κ3) is 0.936. The van der Waals surface area contributed by atoms with Crippen LogP contribution in [0.4, 0.5) is 0 Å². The molecule has 2 aliphatic rings. The fraction of sp³-hybridized carbons (Fsp3) is 1.00. The lowest BCUT2D eigenvalue weighted by Gasteiger charge is -2.04. The zero-order valence-corrected chi connectivity index (χ0v) is 7.98. The number of epoxide rings is 1. The zero-order valence-electron chi connectivity index (χ0n) is 7.98. The van der Waals surface area contributed by atoms with Crippen LogP contribution in [0.15, 0.2) is 0 Å². The van der Waals surface area contributed by atoms with Gasteiger partial charge >= 0.3 is 0 Å². The summed E-state index contributed by atoms with van der Waals surface area (Å²) in [6.07, 6.45) is 1.90. The molecule has 0 aromatic rings. The summed E-state index contributed by atoms with van der Waals surface area (Å²) >= 11 is 0. The van der Waals surface area contributed by atoms with Crippen LogP contribution >= 0.6 is 0 Å². The van der Waals surface area contributed by atoms with Gasteiger partial charge in [-0.15, -0.1) is 0 Å². The molecule has 1 atom stereocenters. The monoisotopic (exact) mass is 154 g/mol. The van der Waals surface area contributed by atoms with Crippen LogP contribution in [0.5, 0.6) is 0 Å². The van der Waals surface area contributed by atoms with Gasteiger partial charge in [-0.05, 0) is 23.2 Å². The molecule has 1 heteroatoms. The van der Waals surface area contributed by atoms with E-state index in [-0.39, 0.29) is 0 Å². The molecule has 0 amide bonds. The van der Waals surface area contributed by atoms with Gasteiger partial charge in [0.05, 0.1) is 12.7 Å². The normalized spacial score (nSPS) is 38.7. The molecule has 11 heavy (non-hydrogen) atoms. The number of hydrogen-bond acceptors (Lipinski definition) is 1. The summed E-state index contributed by atoms with van der Waals surface area (Å²) in [5.74, 6) is 0.891. The first kappa shape index (κ1) is 7.60. The highest BCUT2D eigenvalue weighted by molar-refractivity contribution is 5.13. The van der Waals surface area contributed by atoms with Crippen LogP contribution in [0.3, 0.4) is 0 Å². The lowest BCUT2D eigenvalue weighted by Crippen LogP contribution is -1.95. The molecule has 1 unspecified atom stereocenters. The summed E-state index contributed by atoms with van der Waals surface area (Å²) in [5.41, 5.74) is 1.11. The van der Waals surface area contributed by atoms with Crippen molar-refractivity contribution in [3.8, 4) is 0 Å². The van der Waals surface area contributed by atoms with Crippen LogP contribution < -0.4 is 0 Å². The van der Waals surface area contributed by atoms with E-state index in [1.54, 1.807) is 0 Å². The molecular weight excluding hydrogens is 136 g/mol. The molecule has 2 rings (SSSR count). The van der Waals surface area contributed by atoms with E-state index in [0.29, 0.717) is 16.9 Å². The Labute approximate surface area is 69.1 Å². The molecule has 0 radical (unpaired) electrons. The maximum atomic E-state index is 5.25. The maximum Gasteiger partial charge on any atom is 0.0813 e. The van der Waals surface area contributed by atoms with Gasteiger partial charge in [-0.3, -0.25) is 0 Å². The van der Waals surface area contributed by atoms with Crippen molar-refractivity contribution in [3.05, 3.63) is 0 Å². The van der Waals surface area contributed by atoms with Crippen molar-refractivity contribution in [1.29, 1.82) is 0 Å². The third-order valence-corrected chi connectivity index (χ3v) is 4.22. The average Bonchev–Trinajstić information content (AvgIpc) is 2.70. The Morgan fingerprint density at radius 2 is 1.64 bits per heavy atom. The minimum Gasteiger partial charge on any atom is -0.373 e. The highest BCUT2D eigenvalue weighted by Crippen LogP contribution is 2.70. The van der Waals surface area contributed by atoms with Gasteiger partial charge in [0, 0.05) is 0 Å². The predicted molar refractivity (Wildman–Crippen MR) is 45.4 cm³/mol. The summed E-state index contributed by atoms with van der Waals surface area (Å²) in [7, 11) is 0. The quantitative estimate of drug-likeness (QED) is 0.557. The van der Waals surface area contributed by atoms with E-state index in [2.05, 4.69) is 27.7 Å². The molecular formula is C10H18O. The predicted octanol–water partition coefficient (Wildman–Crippen LogP) is 2.46. The van der Waals surface area contributed by atoms with Crippen molar-refractivity contribution in [2.45, 2.75) is 40.2 Å². The first-order valence-electron chi connectivity index (χ1n) is 4.58. The van der Waals surface area contributed by atoms with Crippen molar-refractivity contribution < 1.29 is 4.74 Å². The topological polar surface area (TPSA) is 12.5 Å². The molecule has 1 nitrogen and oxygen atoms in total. The SMILES string of the molecule is CC1(C)C(CC2CO2)C1(C)C. The number of rotatable bonds is 2. The van der Waals surface area contributed by atoms with Crippen LogP contribution in [0, 0.1) is 16.7 Å². The van der Waals surface area contributed by atoms with E-state index in [1.165, 1.54) is 6.42 Å². The van der Waals surface area contributed by atoms with Gasteiger partial charge < -0.3 is 4.74 Å². The van der Waals surface area contributed by atoms with Crippen LogP contribution in [0.2, 0.25) is 0 Å². The van der Waals surface area contributed by atoms with Crippen molar-refractivity contribution in [2.24, 2.45) is 16.7 Å². The first-order chi connectivity index (χ1) is 4.96. The smallest absolute Gasteiger partial charge is 0.0813 e.